The number of ether oxygens (including phenoxy) is 2. The van der Waals surface area contributed by atoms with Crippen molar-refractivity contribution in [1.82, 2.24) is 20.4 Å². The summed E-state index contributed by atoms with van der Waals surface area (Å²) in [6, 6.07) is 0. The van der Waals surface area contributed by atoms with Gasteiger partial charge in [0.2, 0.25) is 6.08 Å². The maximum atomic E-state index is 12.2. The van der Waals surface area contributed by atoms with E-state index in [1.54, 1.807) is 0 Å². The zero-order chi connectivity index (χ0) is 45.3. The summed E-state index contributed by atoms with van der Waals surface area (Å²) in [5.41, 5.74) is 31.7. The van der Waals surface area contributed by atoms with Gasteiger partial charge in [-0.1, -0.05) is 44.9 Å². The summed E-state index contributed by atoms with van der Waals surface area (Å²) < 4.78 is 9.66. The van der Waals surface area contributed by atoms with Gasteiger partial charge < -0.3 is 38.1 Å². The molecule has 3 fully saturated rings. The van der Waals surface area contributed by atoms with Crippen molar-refractivity contribution in [2.75, 3.05) is 33.9 Å². The van der Waals surface area contributed by atoms with Gasteiger partial charge in [-0.15, -0.1) is 20.4 Å². The summed E-state index contributed by atoms with van der Waals surface area (Å²) in [7, 11) is 2.87. The first-order valence-corrected chi connectivity index (χ1v) is 22.0. The lowest BCUT2D eigenvalue weighted by molar-refractivity contribution is -0.147. The van der Waals surface area contributed by atoms with Crippen molar-refractivity contribution < 1.29 is 23.9 Å². The zero-order valence-corrected chi connectivity index (χ0v) is 36.6. The molecule has 2 aliphatic heterocycles. The molecule has 3 heterocycles. The quantitative estimate of drug-likeness (QED) is 0.149. The first-order valence-electron chi connectivity index (χ1n) is 22.0. The zero-order valence-electron chi connectivity index (χ0n) is 36.6. The second-order valence-electron chi connectivity index (χ2n) is 15.9. The highest BCUT2D eigenvalue weighted by molar-refractivity contribution is 6.05. The van der Waals surface area contributed by atoms with E-state index in [1.807, 2.05) is 6.08 Å². The Kier molecular flexibility index (Phi) is 23.8. The normalized spacial score (nSPS) is 26.5. The predicted molar refractivity (Wildman–Crippen MR) is 234 cm³/mol. The molecule has 20 heteroatoms. The van der Waals surface area contributed by atoms with E-state index in [4.69, 9.17) is 44.2 Å². The Morgan fingerprint density at radius 3 is 1.63 bits per heavy atom. The third-order valence-corrected chi connectivity index (χ3v) is 12.3. The number of ketones is 1. The van der Waals surface area contributed by atoms with E-state index in [1.165, 1.54) is 52.0 Å². The number of rotatable bonds is 7. The van der Waals surface area contributed by atoms with E-state index in [9.17, 15) is 14.4 Å². The highest BCUT2D eigenvalue weighted by atomic mass is 16.5. The first kappa shape index (κ1) is 51.5. The molecule has 0 radical (unpaired) electrons. The molecule has 62 heavy (non-hydrogen) atoms. The van der Waals surface area contributed by atoms with Crippen molar-refractivity contribution in [3.05, 3.63) is 23.8 Å². The van der Waals surface area contributed by atoms with Crippen LogP contribution in [-0.2, 0) is 36.9 Å². The molecule has 7 rings (SSSR count). The van der Waals surface area contributed by atoms with Crippen molar-refractivity contribution in [1.29, 1.82) is 10.8 Å². The first-order chi connectivity index (χ1) is 30.2. The largest absolute Gasteiger partial charge is 0.469 e. The number of carbonyl (C=O) groups is 3. The molecule has 20 nitrogen and oxygen atoms in total. The molecule has 1 aromatic rings. The summed E-state index contributed by atoms with van der Waals surface area (Å²) in [4.78, 5) is 35.5. The molecule has 0 saturated heterocycles. The lowest BCUT2D eigenvalue weighted by Gasteiger charge is -2.40. The smallest absolute Gasteiger partial charge is 0.365 e. The van der Waals surface area contributed by atoms with Gasteiger partial charge in [0, 0.05) is 85.0 Å². The van der Waals surface area contributed by atoms with Crippen LogP contribution in [0, 0.1) is 58.3 Å². The number of carbonyl (C=O) groups excluding carboxylic acids is 3. The van der Waals surface area contributed by atoms with E-state index in [-0.39, 0.29) is 54.6 Å². The molecule has 0 spiro atoms. The Balaban J connectivity index is 0.000000225. The van der Waals surface area contributed by atoms with Gasteiger partial charge in [-0.25, -0.2) is 4.79 Å². The second kappa shape index (κ2) is 28.7. The fourth-order valence-corrected chi connectivity index (χ4v) is 9.14. The van der Waals surface area contributed by atoms with E-state index in [0.29, 0.717) is 55.3 Å². The standard InChI is InChI=1S/C14H24N4O2.C14H21N3O.C10H15O2.C4H8N6.N2/c1-20-14(19)10-6-4-2-3-5-9-11(7-15)17-18-12(8-16)13(9)10;15-8-12-9-4-2-1-3-5-10-13(18)7-6-11(14(9)10)16-17-12;1-12-10(11)9-7-5-3-2-4-6-8-9;5-1-3-7-9-4(2-6)10-8-3;1-2/h9-10,13H,2-8,15-16H2,1H3;9-10,14H,1-8,15H2;5,9H,2-4,6,8H2,1H3;1-2,5-6H2;/q;;+1;;. The average molecular weight is 863 g/mol. The Bertz CT molecular complexity index is 1700. The van der Waals surface area contributed by atoms with Crippen molar-refractivity contribution in [2.45, 2.75) is 122 Å². The summed E-state index contributed by atoms with van der Waals surface area (Å²) in [5, 5.41) is 43.7. The second-order valence-corrected chi connectivity index (χ2v) is 15.9. The number of fused-ring (bicyclic) bond motifs is 1. The van der Waals surface area contributed by atoms with Crippen molar-refractivity contribution in [3.8, 4) is 0 Å². The summed E-state index contributed by atoms with van der Waals surface area (Å²) in [6.45, 7) is 1.71. The van der Waals surface area contributed by atoms with E-state index in [0.717, 1.165) is 87.8 Å². The molecule has 1 aromatic heterocycles. The lowest BCUT2D eigenvalue weighted by atomic mass is 9.64. The third kappa shape index (κ3) is 14.9. The van der Waals surface area contributed by atoms with Crippen LogP contribution < -0.4 is 28.7 Å². The molecule has 0 amide bonds. The van der Waals surface area contributed by atoms with Crippen LogP contribution in [0.1, 0.15) is 121 Å². The number of esters is 2. The number of methoxy groups -OCH3 is 2. The van der Waals surface area contributed by atoms with E-state index < -0.39 is 0 Å². The SMILES string of the molecule is COC(=O)C1CCCCCC2C(CN)=NN=C(CN)C12.COC(=O)C1[C+]=CCCCCC1.N#N.NCC1=NN=C2CCC(=O)C3CCCCCC1C23.NCc1nnc(CN)nn1. The maximum absolute atomic E-state index is 12.2. The summed E-state index contributed by atoms with van der Waals surface area (Å²) in [5.74, 6) is 1.79. The van der Waals surface area contributed by atoms with Gasteiger partial charge in [0.05, 0.1) is 50.4 Å². The molecule has 7 atom stereocenters. The Labute approximate surface area is 365 Å². The number of nitrogens with zero attached hydrogens (tertiary/aromatic N) is 10. The molecule has 4 aliphatic carbocycles. The van der Waals surface area contributed by atoms with Crippen LogP contribution in [0.3, 0.4) is 0 Å². The monoisotopic (exact) mass is 863 g/mol. The molecule has 0 aromatic carbocycles. The number of hydrogen-bond donors (Lipinski definition) is 5. The number of hydrogen-bond acceptors (Lipinski definition) is 20. The van der Waals surface area contributed by atoms with Gasteiger partial charge in [0.1, 0.15) is 5.78 Å². The van der Waals surface area contributed by atoms with Crippen LogP contribution in [0.15, 0.2) is 26.5 Å². The number of Topliss-reactive ketones (excluding diaryl/α,β-unsaturated/α-hetero) is 1. The van der Waals surface area contributed by atoms with Crippen molar-refractivity contribution >= 4 is 40.6 Å². The van der Waals surface area contributed by atoms with Crippen molar-refractivity contribution in [3.63, 3.8) is 0 Å². The molecule has 6 aliphatic rings. The lowest BCUT2D eigenvalue weighted by Crippen LogP contribution is -2.46. The topological polar surface area (TPSA) is 348 Å². The highest BCUT2D eigenvalue weighted by Gasteiger charge is 2.44. The fraction of sp³-hybridized carbons (Fsp3) is 0.738. The predicted octanol–water partition coefficient (Wildman–Crippen LogP) is 2.94. The Hall–Kier alpha value is -4.90. The van der Waals surface area contributed by atoms with Crippen LogP contribution in [0.25, 0.3) is 0 Å². The number of nitrogens with two attached hydrogens (primary N) is 5. The molecule has 7 unspecified atom stereocenters. The van der Waals surface area contributed by atoms with E-state index in [2.05, 4.69) is 51.6 Å². The summed E-state index contributed by atoms with van der Waals surface area (Å²) in [6.07, 6.45) is 22.9. The van der Waals surface area contributed by atoms with Crippen LogP contribution in [0.5, 0.6) is 0 Å². The van der Waals surface area contributed by atoms with E-state index >= 15 is 0 Å². The maximum Gasteiger partial charge on any atom is 0.365 e. The van der Waals surface area contributed by atoms with Crippen LogP contribution in [0.4, 0.5) is 0 Å². The minimum absolute atomic E-state index is 0.00352. The van der Waals surface area contributed by atoms with Gasteiger partial charge in [0.15, 0.2) is 17.7 Å². The number of allylic oxidation sites excluding steroid dienone is 1. The van der Waals surface area contributed by atoms with Gasteiger partial charge in [-0.3, -0.25) is 9.59 Å². The average Bonchev–Trinajstić information content (AvgIpc) is 3.29. The van der Waals surface area contributed by atoms with Gasteiger partial charge in [0.25, 0.3) is 5.92 Å². The molecular weight excluding hydrogens is 795 g/mol. The minimum Gasteiger partial charge on any atom is -0.469 e. The Morgan fingerprint density at radius 2 is 1.08 bits per heavy atom. The fourth-order valence-electron chi connectivity index (χ4n) is 9.14. The van der Waals surface area contributed by atoms with Crippen LogP contribution in [-0.4, -0.2) is 94.8 Å². The number of aromatic nitrogens is 4. The minimum atomic E-state index is -0.176. The van der Waals surface area contributed by atoms with Crippen LogP contribution in [0.2, 0.25) is 0 Å². The molecule has 3 saturated carbocycles. The van der Waals surface area contributed by atoms with Gasteiger partial charge in [-0.05, 0) is 44.9 Å². The van der Waals surface area contributed by atoms with Gasteiger partial charge in [-0.2, -0.15) is 20.4 Å². The Morgan fingerprint density at radius 1 is 0.597 bits per heavy atom. The third-order valence-electron chi connectivity index (χ3n) is 12.3. The molecule has 10 N–H and O–H groups in total. The van der Waals surface area contributed by atoms with Gasteiger partial charge >= 0.3 is 11.9 Å². The highest BCUT2D eigenvalue weighted by Crippen LogP contribution is 2.41. The van der Waals surface area contributed by atoms with Crippen molar-refractivity contribution in [2.24, 2.45) is 90.5 Å². The molecular formula is C42H68N15O5+. The molecule has 340 valence electrons. The van der Waals surface area contributed by atoms with Crippen LogP contribution >= 0.6 is 0 Å². The summed E-state index contributed by atoms with van der Waals surface area (Å²) >= 11 is 0. The molecule has 0 bridgehead atoms.